The summed E-state index contributed by atoms with van der Waals surface area (Å²) in [5.41, 5.74) is 13.3. The lowest BCUT2D eigenvalue weighted by atomic mass is 10.2. The van der Waals surface area contributed by atoms with Crippen LogP contribution in [0.25, 0.3) is 10.4 Å². The van der Waals surface area contributed by atoms with Crippen molar-refractivity contribution in [2.75, 3.05) is 7.11 Å². The average Bonchev–Trinajstić information content (AvgIpc) is 2.02. The lowest BCUT2D eigenvalue weighted by Gasteiger charge is -2.11. The van der Waals surface area contributed by atoms with Gasteiger partial charge >= 0.3 is 5.97 Å². The molecular weight excluding hydrogens is 148 g/mol. The van der Waals surface area contributed by atoms with E-state index in [-0.39, 0.29) is 0 Å². The molecule has 0 aromatic heterocycles. The summed E-state index contributed by atoms with van der Waals surface area (Å²) in [6.07, 6.45) is 0. The largest absolute Gasteiger partial charge is 0.468 e. The van der Waals surface area contributed by atoms with Gasteiger partial charge in [-0.05, 0) is 5.53 Å². The molecule has 11 heavy (non-hydrogen) atoms. The molecule has 1 unspecified atom stereocenters. The third kappa shape index (κ3) is 2.88. The highest BCUT2D eigenvalue weighted by Gasteiger charge is 2.19. The summed E-state index contributed by atoms with van der Waals surface area (Å²) in [5, 5.41) is 3.25. The van der Waals surface area contributed by atoms with E-state index in [0.717, 1.165) is 0 Å². The minimum Gasteiger partial charge on any atom is -0.468 e. The molecule has 0 fully saturated rings. The Morgan fingerprint density at radius 3 is 2.73 bits per heavy atom. The highest BCUT2D eigenvalue weighted by molar-refractivity contribution is 5.76. The fraction of sp³-hybridized carbons (Fsp3) is 0.800. The van der Waals surface area contributed by atoms with E-state index in [1.54, 1.807) is 6.92 Å². The van der Waals surface area contributed by atoms with E-state index in [1.165, 1.54) is 7.11 Å². The fourth-order valence-corrected chi connectivity index (χ4v) is 0.486. The van der Waals surface area contributed by atoms with Crippen LogP contribution in [0.15, 0.2) is 5.11 Å². The minimum absolute atomic E-state index is 0.576. The van der Waals surface area contributed by atoms with E-state index < -0.39 is 18.1 Å². The predicted octanol–water partition coefficient (Wildman–Crippen LogP) is 0.185. The summed E-state index contributed by atoms with van der Waals surface area (Å²) in [7, 11) is 1.23. The van der Waals surface area contributed by atoms with Crippen molar-refractivity contribution in [2.45, 2.75) is 19.0 Å². The molecule has 62 valence electrons. The van der Waals surface area contributed by atoms with Gasteiger partial charge in [-0.1, -0.05) is 12.0 Å². The van der Waals surface area contributed by atoms with E-state index in [4.69, 9.17) is 11.3 Å². The summed E-state index contributed by atoms with van der Waals surface area (Å²) in [6, 6.07) is -1.46. The first kappa shape index (κ1) is 9.74. The van der Waals surface area contributed by atoms with Crippen molar-refractivity contribution in [3.05, 3.63) is 10.4 Å². The van der Waals surface area contributed by atoms with E-state index in [0.29, 0.717) is 0 Å². The Labute approximate surface area is 63.9 Å². The van der Waals surface area contributed by atoms with Crippen LogP contribution < -0.4 is 5.73 Å². The van der Waals surface area contributed by atoms with Crippen molar-refractivity contribution >= 4 is 5.97 Å². The Morgan fingerprint density at radius 1 is 1.82 bits per heavy atom. The molecule has 0 bridgehead atoms. The number of hydrogen-bond donors (Lipinski definition) is 1. The number of methoxy groups -OCH3 is 1. The number of rotatable bonds is 3. The van der Waals surface area contributed by atoms with Crippen molar-refractivity contribution < 1.29 is 9.53 Å². The predicted molar refractivity (Wildman–Crippen MR) is 38.6 cm³/mol. The molecule has 0 saturated heterocycles. The van der Waals surface area contributed by atoms with Crippen molar-refractivity contribution in [3.8, 4) is 0 Å². The van der Waals surface area contributed by atoms with Crippen molar-refractivity contribution in [1.29, 1.82) is 0 Å². The van der Waals surface area contributed by atoms with Gasteiger partial charge in [-0.15, -0.1) is 0 Å². The van der Waals surface area contributed by atoms with Crippen LogP contribution in [0.2, 0.25) is 0 Å². The lowest BCUT2D eigenvalue weighted by Crippen LogP contribution is -2.39. The standard InChI is InChI=1S/C5H10N4O2/c1-3(8-9-7)4(6)5(10)11-2/h3-4H,6H2,1-2H3/t3?,4-/m0/s1. The number of ether oxygens (including phenoxy) is 1. The second-order valence-corrected chi connectivity index (χ2v) is 1.99. The number of hydrogen-bond acceptors (Lipinski definition) is 4. The zero-order chi connectivity index (χ0) is 8.85. The first-order valence-electron chi connectivity index (χ1n) is 3.01. The van der Waals surface area contributed by atoms with Gasteiger partial charge in [0.05, 0.1) is 13.2 Å². The van der Waals surface area contributed by atoms with Crippen LogP contribution in [0, 0.1) is 0 Å². The Morgan fingerprint density at radius 2 is 2.36 bits per heavy atom. The normalized spacial score (nSPS) is 14.5. The minimum atomic E-state index is -0.879. The van der Waals surface area contributed by atoms with Gasteiger partial charge in [0.15, 0.2) is 0 Å². The molecule has 0 aliphatic heterocycles. The van der Waals surface area contributed by atoms with Gasteiger partial charge in [0.2, 0.25) is 0 Å². The lowest BCUT2D eigenvalue weighted by molar-refractivity contribution is -0.142. The third-order valence-electron chi connectivity index (χ3n) is 1.23. The number of carbonyl (C=O) groups is 1. The summed E-state index contributed by atoms with van der Waals surface area (Å²) in [4.78, 5) is 13.2. The molecule has 0 radical (unpaired) electrons. The van der Waals surface area contributed by atoms with Crippen LogP contribution in [0.1, 0.15) is 6.92 Å². The molecule has 0 spiro atoms. The van der Waals surface area contributed by atoms with Crippen LogP contribution in [0.5, 0.6) is 0 Å². The highest BCUT2D eigenvalue weighted by atomic mass is 16.5. The van der Waals surface area contributed by atoms with E-state index in [1.807, 2.05) is 0 Å². The summed E-state index contributed by atoms with van der Waals surface area (Å²) >= 11 is 0. The molecule has 2 N–H and O–H groups in total. The third-order valence-corrected chi connectivity index (χ3v) is 1.23. The first-order chi connectivity index (χ1) is 5.13. The van der Waals surface area contributed by atoms with Crippen LogP contribution in [0.4, 0.5) is 0 Å². The molecule has 0 amide bonds. The van der Waals surface area contributed by atoms with E-state index in [2.05, 4.69) is 14.8 Å². The SMILES string of the molecule is COC(=O)[C@@H](N)C(C)N=[N+]=[N-]. The zero-order valence-electron chi connectivity index (χ0n) is 6.39. The number of azide groups is 1. The van der Waals surface area contributed by atoms with Gasteiger partial charge in [0, 0.05) is 4.91 Å². The van der Waals surface area contributed by atoms with Gasteiger partial charge in [0.25, 0.3) is 0 Å². The van der Waals surface area contributed by atoms with Crippen LogP contribution >= 0.6 is 0 Å². The molecule has 0 rings (SSSR count). The maximum atomic E-state index is 10.7. The van der Waals surface area contributed by atoms with Gasteiger partial charge in [-0.3, -0.25) is 4.79 Å². The molecule has 0 aromatic rings. The summed E-state index contributed by atoms with van der Waals surface area (Å²) in [6.45, 7) is 1.54. The molecule has 0 saturated carbocycles. The Hall–Kier alpha value is -1.26. The van der Waals surface area contributed by atoms with Gasteiger partial charge in [-0.25, -0.2) is 0 Å². The van der Waals surface area contributed by atoms with Crippen LogP contribution in [0.3, 0.4) is 0 Å². The van der Waals surface area contributed by atoms with Crippen molar-refractivity contribution in [3.63, 3.8) is 0 Å². The highest BCUT2D eigenvalue weighted by Crippen LogP contribution is 1.97. The summed E-state index contributed by atoms with van der Waals surface area (Å²) < 4.78 is 4.33. The molecule has 6 heteroatoms. The number of esters is 1. The molecular formula is C5H10N4O2. The molecule has 0 aromatic carbocycles. The smallest absolute Gasteiger partial charge is 0.323 e. The zero-order valence-corrected chi connectivity index (χ0v) is 6.39. The van der Waals surface area contributed by atoms with E-state index >= 15 is 0 Å². The maximum absolute atomic E-state index is 10.7. The Bertz CT molecular complexity index is 187. The monoisotopic (exact) mass is 158 g/mol. The fourth-order valence-electron chi connectivity index (χ4n) is 0.486. The molecule has 0 aliphatic carbocycles. The number of carbonyl (C=O) groups excluding carboxylic acids is 1. The topological polar surface area (TPSA) is 101 Å². The molecule has 6 nitrogen and oxygen atoms in total. The number of nitrogens with two attached hydrogens (primary N) is 1. The first-order valence-corrected chi connectivity index (χ1v) is 3.01. The molecule has 2 atom stereocenters. The average molecular weight is 158 g/mol. The maximum Gasteiger partial charge on any atom is 0.323 e. The Balaban J connectivity index is 4.11. The van der Waals surface area contributed by atoms with Crippen LogP contribution in [-0.4, -0.2) is 25.2 Å². The van der Waals surface area contributed by atoms with Gasteiger partial charge in [-0.2, -0.15) is 0 Å². The second kappa shape index (κ2) is 4.54. The second-order valence-electron chi connectivity index (χ2n) is 1.99. The Kier molecular flexibility index (Phi) is 4.02. The van der Waals surface area contributed by atoms with Crippen molar-refractivity contribution in [1.82, 2.24) is 0 Å². The van der Waals surface area contributed by atoms with Crippen LogP contribution in [-0.2, 0) is 9.53 Å². The quantitative estimate of drug-likeness (QED) is 0.274. The molecule has 0 heterocycles. The van der Waals surface area contributed by atoms with Gasteiger partial charge < -0.3 is 10.5 Å². The molecule has 0 aliphatic rings. The number of nitrogens with zero attached hydrogens (tertiary/aromatic N) is 3. The van der Waals surface area contributed by atoms with Gasteiger partial charge in [0.1, 0.15) is 6.04 Å². The summed E-state index contributed by atoms with van der Waals surface area (Å²) in [5.74, 6) is -0.579. The van der Waals surface area contributed by atoms with E-state index in [9.17, 15) is 4.79 Å². The van der Waals surface area contributed by atoms with Crippen molar-refractivity contribution in [2.24, 2.45) is 10.8 Å².